The van der Waals surface area contributed by atoms with Gasteiger partial charge in [0.15, 0.2) is 0 Å². The fourth-order valence-electron chi connectivity index (χ4n) is 1.65. The van der Waals surface area contributed by atoms with Crippen LogP contribution < -0.4 is 11.1 Å². The summed E-state index contributed by atoms with van der Waals surface area (Å²) in [5, 5.41) is 2.80. The second-order valence-corrected chi connectivity index (χ2v) is 4.20. The van der Waals surface area contributed by atoms with Crippen LogP contribution in [0.1, 0.15) is 32.6 Å². The summed E-state index contributed by atoms with van der Waals surface area (Å²) in [4.78, 5) is 11.5. The van der Waals surface area contributed by atoms with Gasteiger partial charge < -0.3 is 15.8 Å². The van der Waals surface area contributed by atoms with Crippen LogP contribution in [0.2, 0.25) is 0 Å². The molecule has 14 heavy (non-hydrogen) atoms. The van der Waals surface area contributed by atoms with Gasteiger partial charge in [-0.3, -0.25) is 4.79 Å². The largest absolute Gasteiger partial charge is 0.378 e. The molecule has 0 radical (unpaired) electrons. The zero-order chi connectivity index (χ0) is 10.6. The number of ether oxygens (including phenoxy) is 1. The van der Waals surface area contributed by atoms with Gasteiger partial charge in [-0.25, -0.2) is 0 Å². The minimum Gasteiger partial charge on any atom is -0.378 e. The number of hydrogen-bond acceptors (Lipinski definition) is 3. The highest BCUT2D eigenvalue weighted by atomic mass is 16.5. The summed E-state index contributed by atoms with van der Waals surface area (Å²) in [6.45, 7) is 2.41. The summed E-state index contributed by atoms with van der Waals surface area (Å²) >= 11 is 0. The van der Waals surface area contributed by atoms with Crippen molar-refractivity contribution in [3.8, 4) is 0 Å². The lowest BCUT2D eigenvalue weighted by molar-refractivity contribution is -0.134. The van der Waals surface area contributed by atoms with Crippen LogP contribution >= 0.6 is 0 Å². The van der Waals surface area contributed by atoms with Crippen LogP contribution in [0.15, 0.2) is 0 Å². The third-order valence-electron chi connectivity index (χ3n) is 2.80. The summed E-state index contributed by atoms with van der Waals surface area (Å²) in [5.74, 6) is 0.0452. The summed E-state index contributed by atoms with van der Waals surface area (Å²) in [5.41, 5.74) is 5.36. The fraction of sp³-hybridized carbons (Fsp3) is 0.900. The molecule has 0 heterocycles. The molecule has 4 nitrogen and oxygen atoms in total. The second-order valence-electron chi connectivity index (χ2n) is 4.20. The van der Waals surface area contributed by atoms with E-state index in [2.05, 4.69) is 5.32 Å². The molecule has 3 N–H and O–H groups in total. The normalized spacial score (nSPS) is 21.1. The van der Waals surface area contributed by atoms with E-state index < -0.39 is 0 Å². The van der Waals surface area contributed by atoms with Crippen LogP contribution in [0, 0.1) is 0 Å². The van der Waals surface area contributed by atoms with E-state index >= 15 is 0 Å². The molecule has 1 amide bonds. The minimum atomic E-state index is -0.179. The molecule has 1 fully saturated rings. The molecule has 0 saturated heterocycles. The van der Waals surface area contributed by atoms with Crippen molar-refractivity contribution in [3.63, 3.8) is 0 Å². The quantitative estimate of drug-likeness (QED) is 0.675. The Morgan fingerprint density at radius 2 is 2.29 bits per heavy atom. The van der Waals surface area contributed by atoms with Crippen LogP contribution in [-0.4, -0.2) is 31.2 Å². The van der Waals surface area contributed by atoms with E-state index in [0.717, 1.165) is 19.3 Å². The minimum absolute atomic E-state index is 0.0128. The summed E-state index contributed by atoms with van der Waals surface area (Å²) < 4.78 is 5.36. The van der Waals surface area contributed by atoms with Crippen LogP contribution in [0.5, 0.6) is 0 Å². The van der Waals surface area contributed by atoms with E-state index in [0.29, 0.717) is 13.0 Å². The highest BCUT2D eigenvalue weighted by molar-refractivity contribution is 5.77. The molecule has 0 bridgehead atoms. The van der Waals surface area contributed by atoms with Gasteiger partial charge in [0.05, 0.1) is 12.0 Å². The molecule has 0 aromatic heterocycles. The van der Waals surface area contributed by atoms with Gasteiger partial charge in [-0.15, -0.1) is 0 Å². The number of carbonyl (C=O) groups excluding carboxylic acids is 1. The first kappa shape index (κ1) is 11.5. The number of nitrogens with two attached hydrogens (primary N) is 1. The zero-order valence-corrected chi connectivity index (χ0v) is 9.01. The number of nitrogens with one attached hydrogen (secondary N) is 1. The maximum Gasteiger partial charge on any atom is 0.222 e. The van der Waals surface area contributed by atoms with Crippen molar-refractivity contribution in [2.24, 2.45) is 5.73 Å². The van der Waals surface area contributed by atoms with Crippen molar-refractivity contribution in [2.75, 3.05) is 13.7 Å². The van der Waals surface area contributed by atoms with Gasteiger partial charge in [0, 0.05) is 19.7 Å². The molecule has 1 atom stereocenters. The first-order valence-electron chi connectivity index (χ1n) is 5.15. The number of methoxy groups -OCH3 is 1. The van der Waals surface area contributed by atoms with Gasteiger partial charge >= 0.3 is 0 Å². The van der Waals surface area contributed by atoms with Gasteiger partial charge in [-0.05, 0) is 26.2 Å². The number of amides is 1. The third kappa shape index (κ3) is 2.96. The lowest BCUT2D eigenvalue weighted by Crippen LogP contribution is -2.45. The third-order valence-corrected chi connectivity index (χ3v) is 2.80. The smallest absolute Gasteiger partial charge is 0.222 e. The van der Waals surface area contributed by atoms with E-state index in [1.165, 1.54) is 0 Å². The molecule has 1 unspecified atom stereocenters. The van der Waals surface area contributed by atoms with E-state index in [1.807, 2.05) is 6.92 Å². The average molecular weight is 200 g/mol. The monoisotopic (exact) mass is 200 g/mol. The number of hydrogen-bond donors (Lipinski definition) is 2. The van der Waals surface area contributed by atoms with Gasteiger partial charge in [0.1, 0.15) is 0 Å². The van der Waals surface area contributed by atoms with Crippen LogP contribution in [0.25, 0.3) is 0 Å². The Bertz CT molecular complexity index is 195. The molecule has 1 aliphatic rings. The molecule has 1 saturated carbocycles. The van der Waals surface area contributed by atoms with Crippen LogP contribution in [-0.2, 0) is 9.53 Å². The molecular formula is C10H20N2O2. The van der Waals surface area contributed by atoms with Crippen molar-refractivity contribution < 1.29 is 9.53 Å². The van der Waals surface area contributed by atoms with Gasteiger partial charge in [0.25, 0.3) is 0 Å². The number of carbonyl (C=O) groups is 1. The Kier molecular flexibility index (Phi) is 3.89. The summed E-state index contributed by atoms with van der Waals surface area (Å²) in [6, 6.07) is 0.0128. The molecule has 82 valence electrons. The molecule has 4 heteroatoms. The Balaban J connectivity index is 2.25. The van der Waals surface area contributed by atoms with Crippen LogP contribution in [0.4, 0.5) is 0 Å². The Hall–Kier alpha value is -0.610. The molecule has 0 spiro atoms. The average Bonchev–Trinajstić information content (AvgIpc) is 2.08. The maximum atomic E-state index is 11.5. The van der Waals surface area contributed by atoms with Gasteiger partial charge in [-0.2, -0.15) is 0 Å². The fourth-order valence-corrected chi connectivity index (χ4v) is 1.65. The Morgan fingerprint density at radius 3 is 2.64 bits per heavy atom. The molecule has 0 aromatic carbocycles. The van der Waals surface area contributed by atoms with Crippen molar-refractivity contribution >= 4 is 5.91 Å². The highest BCUT2D eigenvalue weighted by Gasteiger charge is 2.38. The molecule has 0 aliphatic heterocycles. The van der Waals surface area contributed by atoms with E-state index in [9.17, 15) is 4.79 Å². The lowest BCUT2D eigenvalue weighted by Gasteiger charge is -2.39. The predicted octanol–water partition coefficient (Wildman–Crippen LogP) is 0.409. The first-order chi connectivity index (χ1) is 6.58. The van der Waals surface area contributed by atoms with Crippen molar-refractivity contribution in [2.45, 2.75) is 44.2 Å². The molecular weight excluding hydrogens is 180 g/mol. The Morgan fingerprint density at radius 1 is 1.64 bits per heavy atom. The first-order valence-corrected chi connectivity index (χ1v) is 5.15. The summed E-state index contributed by atoms with van der Waals surface area (Å²) in [7, 11) is 1.68. The van der Waals surface area contributed by atoms with Crippen molar-refractivity contribution in [3.05, 3.63) is 0 Å². The predicted molar refractivity (Wildman–Crippen MR) is 54.9 cm³/mol. The highest BCUT2D eigenvalue weighted by Crippen LogP contribution is 2.37. The lowest BCUT2D eigenvalue weighted by atomic mass is 9.77. The van der Waals surface area contributed by atoms with Crippen LogP contribution in [0.3, 0.4) is 0 Å². The second kappa shape index (κ2) is 4.75. The van der Waals surface area contributed by atoms with Gasteiger partial charge in [-0.1, -0.05) is 0 Å². The number of rotatable bonds is 5. The van der Waals surface area contributed by atoms with E-state index in [4.69, 9.17) is 10.5 Å². The van der Waals surface area contributed by atoms with E-state index in [-0.39, 0.29) is 17.6 Å². The topological polar surface area (TPSA) is 64.3 Å². The van der Waals surface area contributed by atoms with E-state index in [1.54, 1.807) is 7.11 Å². The molecule has 1 aliphatic carbocycles. The van der Waals surface area contributed by atoms with Crippen molar-refractivity contribution in [1.82, 2.24) is 5.32 Å². The zero-order valence-electron chi connectivity index (χ0n) is 9.01. The SMILES string of the molecule is COC1(CC(=O)NCC(C)N)CCC1. The standard InChI is InChI=1S/C10H20N2O2/c1-8(11)7-12-9(13)6-10(14-2)4-3-5-10/h8H,3-7,11H2,1-2H3,(H,12,13). The summed E-state index contributed by atoms with van der Waals surface area (Å²) in [6.07, 6.45) is 3.62. The Labute approximate surface area is 85.2 Å². The molecule has 1 rings (SSSR count). The maximum absolute atomic E-state index is 11.5. The van der Waals surface area contributed by atoms with Crippen molar-refractivity contribution in [1.29, 1.82) is 0 Å². The van der Waals surface area contributed by atoms with Gasteiger partial charge in [0.2, 0.25) is 5.91 Å². The molecule has 0 aromatic rings.